The second kappa shape index (κ2) is 9.02. The zero-order valence-electron chi connectivity index (χ0n) is 16.0. The lowest BCUT2D eigenvalue weighted by Crippen LogP contribution is -2.44. The number of hydrogen-bond donors (Lipinski definition) is 3. The van der Waals surface area contributed by atoms with Crippen LogP contribution in [-0.2, 0) is 16.1 Å². The van der Waals surface area contributed by atoms with E-state index in [0.29, 0.717) is 23.4 Å². The average Bonchev–Trinajstić information content (AvgIpc) is 2.95. The quantitative estimate of drug-likeness (QED) is 0.650. The first kappa shape index (κ1) is 20.2. The molecule has 2 aromatic rings. The van der Waals surface area contributed by atoms with Gasteiger partial charge in [0, 0.05) is 12.2 Å². The van der Waals surface area contributed by atoms with Gasteiger partial charge in [-0.15, -0.1) is 0 Å². The van der Waals surface area contributed by atoms with E-state index in [1.54, 1.807) is 27.7 Å². The minimum absolute atomic E-state index is 0.248. The molecule has 7 nitrogen and oxygen atoms in total. The van der Waals surface area contributed by atoms with Gasteiger partial charge in [-0.05, 0) is 38.8 Å². The second-order valence-electron chi connectivity index (χ2n) is 6.24. The fourth-order valence-corrected chi connectivity index (χ4v) is 2.76. The highest BCUT2D eigenvalue weighted by Gasteiger charge is 2.24. The number of hydrogen-bond acceptors (Lipinski definition) is 4. The van der Waals surface area contributed by atoms with Gasteiger partial charge in [0.1, 0.15) is 11.7 Å². The van der Waals surface area contributed by atoms with Gasteiger partial charge in [-0.1, -0.05) is 30.3 Å². The van der Waals surface area contributed by atoms with Crippen LogP contribution in [-0.4, -0.2) is 35.4 Å². The van der Waals surface area contributed by atoms with E-state index in [4.69, 9.17) is 4.74 Å². The monoisotopic (exact) mass is 371 g/mol. The number of aromatic nitrogens is 1. The molecular weight excluding hydrogens is 346 g/mol. The highest BCUT2D eigenvalue weighted by Crippen LogP contribution is 2.19. The van der Waals surface area contributed by atoms with Gasteiger partial charge in [0.25, 0.3) is 5.91 Å². The van der Waals surface area contributed by atoms with Gasteiger partial charge in [-0.3, -0.25) is 9.59 Å². The van der Waals surface area contributed by atoms with Gasteiger partial charge in [0.15, 0.2) is 0 Å². The summed E-state index contributed by atoms with van der Waals surface area (Å²) in [5, 5.41) is 5.43. The van der Waals surface area contributed by atoms with Crippen LogP contribution in [0.2, 0.25) is 0 Å². The zero-order chi connectivity index (χ0) is 20.0. The summed E-state index contributed by atoms with van der Waals surface area (Å²) < 4.78 is 5.02. The lowest BCUT2D eigenvalue weighted by Gasteiger charge is -2.14. The Balaban J connectivity index is 2.00. The smallest absolute Gasteiger partial charge is 0.340 e. The number of benzene rings is 1. The molecule has 0 radical (unpaired) electrons. The predicted octanol–water partition coefficient (Wildman–Crippen LogP) is 2.24. The van der Waals surface area contributed by atoms with Crippen molar-refractivity contribution in [3.05, 3.63) is 58.4 Å². The van der Waals surface area contributed by atoms with E-state index in [-0.39, 0.29) is 18.2 Å². The minimum Gasteiger partial charge on any atom is -0.462 e. The molecule has 3 N–H and O–H groups in total. The van der Waals surface area contributed by atoms with Gasteiger partial charge < -0.3 is 20.4 Å². The van der Waals surface area contributed by atoms with Gasteiger partial charge in [0.2, 0.25) is 5.91 Å². The third-order valence-corrected chi connectivity index (χ3v) is 4.19. The van der Waals surface area contributed by atoms with Crippen molar-refractivity contribution in [2.24, 2.45) is 0 Å². The summed E-state index contributed by atoms with van der Waals surface area (Å²) in [5.41, 5.74) is 2.62. The molecule has 1 aromatic heterocycles. The Kier molecular flexibility index (Phi) is 6.76. The standard InChI is InChI=1S/C20H25N3O4/c1-5-27-20(26)16-12(2)17(22-13(16)3)19(25)23-14(4)18(24)21-11-15-9-7-6-8-10-15/h6-10,14,22H,5,11H2,1-4H3,(H,21,24)(H,23,25). The van der Waals surface area contributed by atoms with Crippen LogP contribution in [0.3, 0.4) is 0 Å². The molecule has 7 heteroatoms. The van der Waals surface area contributed by atoms with Crippen LogP contribution in [0.25, 0.3) is 0 Å². The Morgan fingerprint density at radius 3 is 2.44 bits per heavy atom. The molecule has 0 saturated carbocycles. The molecule has 2 rings (SSSR count). The van der Waals surface area contributed by atoms with Crippen LogP contribution in [0.15, 0.2) is 30.3 Å². The van der Waals surface area contributed by atoms with Crippen molar-refractivity contribution in [3.8, 4) is 0 Å². The van der Waals surface area contributed by atoms with Crippen LogP contribution in [0.4, 0.5) is 0 Å². The number of rotatable bonds is 7. The third-order valence-electron chi connectivity index (χ3n) is 4.19. The van der Waals surface area contributed by atoms with Crippen molar-refractivity contribution in [1.82, 2.24) is 15.6 Å². The first-order valence-corrected chi connectivity index (χ1v) is 8.83. The summed E-state index contributed by atoms with van der Waals surface area (Å²) in [5.74, 6) is -1.22. The molecule has 0 bridgehead atoms. The minimum atomic E-state index is -0.727. The largest absolute Gasteiger partial charge is 0.462 e. The Labute approximate surface area is 158 Å². The number of H-pyrrole nitrogens is 1. The normalized spacial score (nSPS) is 11.6. The lowest BCUT2D eigenvalue weighted by atomic mass is 10.1. The van der Waals surface area contributed by atoms with Crippen molar-refractivity contribution in [2.45, 2.75) is 40.3 Å². The molecule has 0 aliphatic carbocycles. The number of carbonyl (C=O) groups is 3. The third kappa shape index (κ3) is 4.97. The van der Waals surface area contributed by atoms with E-state index in [2.05, 4.69) is 15.6 Å². The highest BCUT2D eigenvalue weighted by molar-refractivity contribution is 6.01. The average molecular weight is 371 g/mol. The summed E-state index contributed by atoms with van der Waals surface area (Å²) in [4.78, 5) is 39.7. The van der Waals surface area contributed by atoms with Crippen LogP contribution in [0, 0.1) is 13.8 Å². The summed E-state index contributed by atoms with van der Waals surface area (Å²) in [6.07, 6.45) is 0. The van der Waals surface area contributed by atoms with E-state index in [1.165, 1.54) is 0 Å². The molecule has 1 heterocycles. The number of esters is 1. The lowest BCUT2D eigenvalue weighted by molar-refractivity contribution is -0.122. The number of aryl methyl sites for hydroxylation is 1. The Hall–Kier alpha value is -3.09. The number of amides is 2. The van der Waals surface area contributed by atoms with Crippen molar-refractivity contribution >= 4 is 17.8 Å². The Morgan fingerprint density at radius 1 is 1.15 bits per heavy atom. The van der Waals surface area contributed by atoms with Crippen molar-refractivity contribution in [3.63, 3.8) is 0 Å². The molecular formula is C20H25N3O4. The first-order valence-electron chi connectivity index (χ1n) is 8.83. The number of nitrogens with one attached hydrogen (secondary N) is 3. The van der Waals surface area contributed by atoms with Crippen LogP contribution < -0.4 is 10.6 Å². The number of ether oxygens (including phenoxy) is 1. The summed E-state index contributed by atoms with van der Waals surface area (Å²) in [6, 6.07) is 8.78. The van der Waals surface area contributed by atoms with E-state index in [9.17, 15) is 14.4 Å². The maximum Gasteiger partial charge on any atom is 0.340 e. The van der Waals surface area contributed by atoms with Crippen molar-refractivity contribution < 1.29 is 19.1 Å². The number of aromatic amines is 1. The van der Waals surface area contributed by atoms with E-state index in [1.807, 2.05) is 30.3 Å². The van der Waals surface area contributed by atoms with Gasteiger partial charge in [0.05, 0.1) is 12.2 Å². The molecule has 0 aliphatic heterocycles. The Bertz CT molecular complexity index is 827. The topological polar surface area (TPSA) is 100 Å². The van der Waals surface area contributed by atoms with Crippen LogP contribution >= 0.6 is 0 Å². The molecule has 144 valence electrons. The molecule has 1 aromatic carbocycles. The second-order valence-corrected chi connectivity index (χ2v) is 6.24. The number of carbonyl (C=O) groups excluding carboxylic acids is 3. The molecule has 0 saturated heterocycles. The van der Waals surface area contributed by atoms with Gasteiger partial charge in [-0.25, -0.2) is 4.79 Å². The predicted molar refractivity (Wildman–Crippen MR) is 101 cm³/mol. The summed E-state index contributed by atoms with van der Waals surface area (Å²) in [6.45, 7) is 7.33. The molecule has 0 aliphatic rings. The van der Waals surface area contributed by atoms with Crippen molar-refractivity contribution in [2.75, 3.05) is 6.61 Å². The summed E-state index contributed by atoms with van der Waals surface area (Å²) >= 11 is 0. The molecule has 0 fully saturated rings. The fraction of sp³-hybridized carbons (Fsp3) is 0.350. The molecule has 2 amide bonds. The van der Waals surface area contributed by atoms with Crippen LogP contribution in [0.1, 0.15) is 51.5 Å². The summed E-state index contributed by atoms with van der Waals surface area (Å²) in [7, 11) is 0. The molecule has 1 atom stereocenters. The Morgan fingerprint density at radius 2 is 1.81 bits per heavy atom. The fourth-order valence-electron chi connectivity index (χ4n) is 2.76. The maximum atomic E-state index is 12.5. The SMILES string of the molecule is CCOC(=O)c1c(C)[nH]c(C(=O)NC(C)C(=O)NCc2ccccc2)c1C. The van der Waals surface area contributed by atoms with Crippen molar-refractivity contribution in [1.29, 1.82) is 0 Å². The van der Waals surface area contributed by atoms with Gasteiger partial charge in [-0.2, -0.15) is 0 Å². The maximum absolute atomic E-state index is 12.5. The van der Waals surface area contributed by atoms with Gasteiger partial charge >= 0.3 is 5.97 Å². The molecule has 1 unspecified atom stereocenters. The molecule has 0 spiro atoms. The van der Waals surface area contributed by atoms with E-state index in [0.717, 1.165) is 5.56 Å². The first-order chi connectivity index (χ1) is 12.8. The van der Waals surface area contributed by atoms with Crippen LogP contribution in [0.5, 0.6) is 0 Å². The zero-order valence-corrected chi connectivity index (χ0v) is 16.0. The molecule has 27 heavy (non-hydrogen) atoms. The highest BCUT2D eigenvalue weighted by atomic mass is 16.5. The van der Waals surface area contributed by atoms with E-state index >= 15 is 0 Å². The van der Waals surface area contributed by atoms with E-state index < -0.39 is 17.9 Å².